The Labute approximate surface area is 162 Å². The van der Waals surface area contributed by atoms with Crippen LogP contribution in [0.25, 0.3) is 11.1 Å². The minimum Gasteiger partial charge on any atom is -0.497 e. The van der Waals surface area contributed by atoms with E-state index in [1.54, 1.807) is 13.3 Å². The van der Waals surface area contributed by atoms with E-state index in [-0.39, 0.29) is 4.87 Å². The van der Waals surface area contributed by atoms with Crippen molar-refractivity contribution in [1.82, 2.24) is 10.3 Å². The molecule has 1 unspecified atom stereocenters. The molecule has 1 saturated heterocycles. The lowest BCUT2D eigenvalue weighted by Crippen LogP contribution is -2.37. The molecule has 2 aromatic carbocycles. The van der Waals surface area contributed by atoms with Gasteiger partial charge in [0.25, 0.3) is 0 Å². The Morgan fingerprint density at radius 1 is 1.04 bits per heavy atom. The minimum absolute atomic E-state index is 0.387. The Morgan fingerprint density at radius 2 is 1.85 bits per heavy atom. The zero-order chi connectivity index (χ0) is 18.0. The Bertz CT molecular complexity index is 928. The van der Waals surface area contributed by atoms with E-state index in [1.807, 2.05) is 36.2 Å². The topological polar surface area (TPSA) is 34.1 Å². The van der Waals surface area contributed by atoms with E-state index in [0.29, 0.717) is 0 Å². The molecule has 1 fully saturated rings. The second kappa shape index (κ2) is 7.09. The van der Waals surface area contributed by atoms with Crippen molar-refractivity contribution in [3.8, 4) is 16.9 Å². The third-order valence-electron chi connectivity index (χ3n) is 4.50. The Morgan fingerprint density at radius 3 is 2.50 bits per heavy atom. The molecule has 1 aliphatic rings. The summed E-state index contributed by atoms with van der Waals surface area (Å²) in [6.07, 6.45) is 3.68. The van der Waals surface area contributed by atoms with Gasteiger partial charge >= 0.3 is 0 Å². The molecule has 0 radical (unpaired) electrons. The second-order valence-corrected chi connectivity index (χ2v) is 7.75. The van der Waals surface area contributed by atoms with Crippen LogP contribution in [0.1, 0.15) is 11.1 Å². The lowest BCUT2D eigenvalue weighted by molar-refractivity contribution is 0.414. The van der Waals surface area contributed by atoms with Crippen molar-refractivity contribution in [3.05, 3.63) is 84.2 Å². The summed E-state index contributed by atoms with van der Waals surface area (Å²) in [5, 5.41) is 3.55. The van der Waals surface area contributed by atoms with Crippen LogP contribution < -0.4 is 10.1 Å². The van der Waals surface area contributed by atoms with E-state index < -0.39 is 0 Å². The molecule has 1 atom stereocenters. The van der Waals surface area contributed by atoms with E-state index in [2.05, 4.69) is 52.8 Å². The first-order valence-corrected chi connectivity index (χ1v) is 9.71. The van der Waals surface area contributed by atoms with Crippen LogP contribution in [0.2, 0.25) is 0 Å². The Balaban J connectivity index is 1.81. The fourth-order valence-electron chi connectivity index (χ4n) is 3.20. The maximum absolute atomic E-state index is 5.48. The van der Waals surface area contributed by atoms with Gasteiger partial charge in [-0.2, -0.15) is 0 Å². The standard InChI is InChI=1S/C21H18N2OS2/c1-24-19-9-7-17(8-10-19)21(23-20(25)14-26-21)18-6-2-4-15(12-18)16-5-3-11-22-13-16/h2-13H,14H2,1H3,(H,23,25). The Kier molecular flexibility index (Phi) is 4.66. The number of ether oxygens (including phenoxy) is 1. The van der Waals surface area contributed by atoms with Crippen LogP contribution in [-0.2, 0) is 4.87 Å². The number of nitrogens with zero attached hydrogens (tertiary/aromatic N) is 1. The highest BCUT2D eigenvalue weighted by molar-refractivity contribution is 8.02. The lowest BCUT2D eigenvalue weighted by atomic mass is 9.94. The van der Waals surface area contributed by atoms with E-state index >= 15 is 0 Å². The molecule has 3 nitrogen and oxygen atoms in total. The molecule has 1 aromatic heterocycles. The van der Waals surface area contributed by atoms with E-state index in [0.717, 1.165) is 33.2 Å². The molecule has 26 heavy (non-hydrogen) atoms. The van der Waals surface area contributed by atoms with Crippen molar-refractivity contribution in [2.24, 2.45) is 0 Å². The lowest BCUT2D eigenvalue weighted by Gasteiger charge is -2.30. The summed E-state index contributed by atoms with van der Waals surface area (Å²) in [5.74, 6) is 1.65. The zero-order valence-electron chi connectivity index (χ0n) is 14.3. The zero-order valence-corrected chi connectivity index (χ0v) is 15.9. The normalized spacial score (nSPS) is 19.2. The maximum Gasteiger partial charge on any atom is 0.136 e. The molecule has 1 N–H and O–H groups in total. The molecule has 4 rings (SSSR count). The number of aromatic nitrogens is 1. The molecule has 0 amide bonds. The number of pyridine rings is 1. The highest BCUT2D eigenvalue weighted by Crippen LogP contribution is 2.45. The van der Waals surface area contributed by atoms with Crippen molar-refractivity contribution in [2.75, 3.05) is 12.9 Å². The highest BCUT2D eigenvalue weighted by atomic mass is 32.2. The molecule has 0 spiro atoms. The number of methoxy groups -OCH3 is 1. The van der Waals surface area contributed by atoms with Crippen LogP contribution >= 0.6 is 24.0 Å². The smallest absolute Gasteiger partial charge is 0.136 e. The summed E-state index contributed by atoms with van der Waals surface area (Å²) >= 11 is 7.29. The SMILES string of the molecule is COc1ccc(C2(c3cccc(-c4cccnc4)c3)NC(=S)CS2)cc1. The van der Waals surface area contributed by atoms with Gasteiger partial charge in [-0.1, -0.05) is 48.6 Å². The van der Waals surface area contributed by atoms with Gasteiger partial charge in [0, 0.05) is 18.1 Å². The van der Waals surface area contributed by atoms with Crippen LogP contribution in [0.15, 0.2) is 73.1 Å². The molecule has 0 bridgehead atoms. The minimum atomic E-state index is -0.387. The summed E-state index contributed by atoms with van der Waals surface area (Å²) in [7, 11) is 1.68. The largest absolute Gasteiger partial charge is 0.497 e. The second-order valence-electron chi connectivity index (χ2n) is 6.07. The average molecular weight is 379 g/mol. The number of thioether (sulfide) groups is 1. The van der Waals surface area contributed by atoms with Crippen molar-refractivity contribution in [2.45, 2.75) is 4.87 Å². The van der Waals surface area contributed by atoms with Crippen molar-refractivity contribution in [3.63, 3.8) is 0 Å². The summed E-state index contributed by atoms with van der Waals surface area (Å²) in [5.41, 5.74) is 4.58. The van der Waals surface area contributed by atoms with Crippen molar-refractivity contribution >= 4 is 29.0 Å². The first-order valence-electron chi connectivity index (χ1n) is 8.32. The molecular formula is C21H18N2OS2. The number of hydrogen-bond donors (Lipinski definition) is 1. The predicted octanol–water partition coefficient (Wildman–Crippen LogP) is 4.62. The number of thiocarbonyl (C=S) groups is 1. The van der Waals surface area contributed by atoms with Crippen LogP contribution in [0.4, 0.5) is 0 Å². The predicted molar refractivity (Wildman–Crippen MR) is 112 cm³/mol. The number of rotatable bonds is 4. The quantitative estimate of drug-likeness (QED) is 0.670. The summed E-state index contributed by atoms with van der Waals surface area (Å²) in [6, 6.07) is 20.8. The van der Waals surface area contributed by atoms with Gasteiger partial charge in [-0.3, -0.25) is 4.98 Å². The van der Waals surface area contributed by atoms with Gasteiger partial charge < -0.3 is 10.1 Å². The van der Waals surface area contributed by atoms with Gasteiger partial charge in [0.15, 0.2) is 0 Å². The molecule has 2 heterocycles. The molecule has 130 valence electrons. The van der Waals surface area contributed by atoms with Crippen LogP contribution in [-0.4, -0.2) is 22.8 Å². The van der Waals surface area contributed by atoms with E-state index in [9.17, 15) is 0 Å². The van der Waals surface area contributed by atoms with Gasteiger partial charge in [0.2, 0.25) is 0 Å². The first kappa shape index (κ1) is 17.1. The van der Waals surface area contributed by atoms with Gasteiger partial charge in [0.1, 0.15) is 10.6 Å². The van der Waals surface area contributed by atoms with Gasteiger partial charge in [-0.05, 0) is 46.5 Å². The summed E-state index contributed by atoms with van der Waals surface area (Å²) < 4.78 is 5.31. The van der Waals surface area contributed by atoms with Crippen LogP contribution in [0.5, 0.6) is 5.75 Å². The highest BCUT2D eigenvalue weighted by Gasteiger charge is 2.40. The van der Waals surface area contributed by atoms with Crippen molar-refractivity contribution in [1.29, 1.82) is 0 Å². The summed E-state index contributed by atoms with van der Waals surface area (Å²) in [6.45, 7) is 0. The molecular weight excluding hydrogens is 360 g/mol. The molecule has 3 aromatic rings. The third kappa shape index (κ3) is 3.08. The average Bonchev–Trinajstić information content (AvgIpc) is 3.12. The maximum atomic E-state index is 5.48. The van der Waals surface area contributed by atoms with Crippen LogP contribution in [0.3, 0.4) is 0 Å². The Hall–Kier alpha value is -2.37. The van der Waals surface area contributed by atoms with Crippen LogP contribution in [0, 0.1) is 0 Å². The van der Waals surface area contributed by atoms with E-state index in [4.69, 9.17) is 17.0 Å². The van der Waals surface area contributed by atoms with Gasteiger partial charge in [-0.25, -0.2) is 0 Å². The fourth-order valence-corrected chi connectivity index (χ4v) is 4.80. The monoisotopic (exact) mass is 378 g/mol. The van der Waals surface area contributed by atoms with E-state index in [1.165, 1.54) is 5.56 Å². The number of hydrogen-bond acceptors (Lipinski definition) is 4. The first-order chi connectivity index (χ1) is 12.7. The molecule has 0 saturated carbocycles. The van der Waals surface area contributed by atoms with Crippen molar-refractivity contribution < 1.29 is 4.74 Å². The van der Waals surface area contributed by atoms with Gasteiger partial charge in [-0.15, -0.1) is 11.8 Å². The third-order valence-corrected chi connectivity index (χ3v) is 6.36. The van der Waals surface area contributed by atoms with Gasteiger partial charge in [0.05, 0.1) is 12.1 Å². The molecule has 5 heteroatoms. The number of benzene rings is 2. The number of nitrogens with one attached hydrogen (secondary N) is 1. The molecule has 1 aliphatic heterocycles. The summed E-state index contributed by atoms with van der Waals surface area (Å²) in [4.78, 5) is 4.72. The fraction of sp³-hybridized carbons (Fsp3) is 0.143. The molecule has 0 aliphatic carbocycles.